The monoisotopic (exact) mass is 738 g/mol. The number of carbonyl (C=O) groups is 6. The fraction of sp³-hybridized carbons (Fsp3) is 0.676. The van der Waals surface area contributed by atoms with Gasteiger partial charge in [0, 0.05) is 31.8 Å². The van der Waals surface area contributed by atoms with E-state index in [0.29, 0.717) is 32.2 Å². The first kappa shape index (κ1) is 42.7. The van der Waals surface area contributed by atoms with Crippen molar-refractivity contribution in [1.82, 2.24) is 31.2 Å². The molecule has 1 saturated carbocycles. The molecule has 1 unspecified atom stereocenters. The lowest BCUT2D eigenvalue weighted by molar-refractivity contribution is -0.145. The highest BCUT2D eigenvalue weighted by molar-refractivity contribution is 6.38. The topological polar surface area (TPSA) is 241 Å². The lowest BCUT2D eigenvalue weighted by Crippen LogP contribution is -2.60. The lowest BCUT2D eigenvalue weighted by Gasteiger charge is -2.34. The molecule has 1 aromatic heterocycles. The smallest absolute Gasteiger partial charge is 0.290 e. The van der Waals surface area contributed by atoms with Crippen molar-refractivity contribution in [3.8, 4) is 0 Å². The minimum absolute atomic E-state index is 0.0159. The van der Waals surface area contributed by atoms with Crippen molar-refractivity contribution >= 4 is 41.2 Å². The van der Waals surface area contributed by atoms with E-state index < -0.39 is 59.6 Å². The van der Waals surface area contributed by atoms with Crippen molar-refractivity contribution in [2.45, 2.75) is 130 Å². The number of hydrogen-bond acceptors (Lipinski definition) is 9. The Morgan fingerprint density at radius 3 is 2.21 bits per heavy atom. The third kappa shape index (κ3) is 11.9. The molecule has 0 aromatic carbocycles. The first-order valence-electron chi connectivity index (χ1n) is 18.8. The Morgan fingerprint density at radius 2 is 1.58 bits per heavy atom. The molecule has 7 N–H and O–H groups in total. The van der Waals surface area contributed by atoms with Crippen LogP contribution in [-0.2, 0) is 28.8 Å². The average molecular weight is 739 g/mol. The van der Waals surface area contributed by atoms with Crippen molar-refractivity contribution in [3.63, 3.8) is 0 Å². The van der Waals surface area contributed by atoms with Crippen LogP contribution in [0.4, 0.5) is 0 Å². The zero-order chi connectivity index (χ0) is 39.2. The van der Waals surface area contributed by atoms with E-state index in [0.717, 1.165) is 24.8 Å². The number of likely N-dealkylation sites (tertiary alicyclic amines) is 1. The summed E-state index contributed by atoms with van der Waals surface area (Å²) < 4.78 is 0. The van der Waals surface area contributed by atoms with Gasteiger partial charge in [0.1, 0.15) is 24.0 Å². The maximum absolute atomic E-state index is 14.3. The van der Waals surface area contributed by atoms with E-state index in [1.807, 2.05) is 6.92 Å². The zero-order valence-corrected chi connectivity index (χ0v) is 31.9. The van der Waals surface area contributed by atoms with E-state index >= 15 is 0 Å². The van der Waals surface area contributed by atoms with Crippen molar-refractivity contribution < 1.29 is 28.8 Å². The Hall–Kier alpha value is -4.76. The number of amides is 5. The summed E-state index contributed by atoms with van der Waals surface area (Å²) in [5, 5.41) is 25.4. The molecule has 0 radical (unpaired) electrons. The zero-order valence-electron chi connectivity index (χ0n) is 31.9. The Balaban J connectivity index is 1.72. The molecule has 16 nitrogen and oxygen atoms in total. The molecule has 2 aliphatic rings. The maximum atomic E-state index is 14.3. The lowest BCUT2D eigenvalue weighted by atomic mass is 9.92. The molecule has 7 atom stereocenters. The van der Waals surface area contributed by atoms with Crippen LogP contribution in [0.1, 0.15) is 111 Å². The van der Waals surface area contributed by atoms with Crippen LogP contribution in [-0.4, -0.2) is 81.8 Å². The van der Waals surface area contributed by atoms with Crippen LogP contribution in [0.3, 0.4) is 0 Å². The molecule has 1 aromatic rings. The molecule has 0 bridgehead atoms. The molecule has 1 aliphatic carbocycles. The summed E-state index contributed by atoms with van der Waals surface area (Å²) in [7, 11) is 0. The van der Waals surface area contributed by atoms with E-state index in [1.165, 1.54) is 0 Å². The van der Waals surface area contributed by atoms with Gasteiger partial charge in [0.15, 0.2) is 0 Å². The normalized spacial score (nSPS) is 20.4. The van der Waals surface area contributed by atoms with Gasteiger partial charge in [-0.3, -0.25) is 39.2 Å². The second kappa shape index (κ2) is 20.5. The highest BCUT2D eigenvalue weighted by Gasteiger charge is 2.51. The molecule has 2 fully saturated rings. The fourth-order valence-corrected chi connectivity index (χ4v) is 7.26. The third-order valence-corrected chi connectivity index (χ3v) is 10.2. The number of nitrogens with two attached hydrogens (primary N) is 1. The second-order valence-corrected chi connectivity index (χ2v) is 14.9. The van der Waals surface area contributed by atoms with E-state index in [4.69, 9.17) is 11.3 Å². The summed E-state index contributed by atoms with van der Waals surface area (Å²) in [6, 6.07) is -0.802. The highest BCUT2D eigenvalue weighted by Crippen LogP contribution is 2.42. The Kier molecular flexibility index (Phi) is 16.5. The molecule has 2 heterocycles. The molecule has 3 rings (SSSR count). The van der Waals surface area contributed by atoms with Gasteiger partial charge in [0.05, 0.1) is 12.1 Å². The SMILES string of the molecule is CCCC(NC(=O)[C@@H]1[C@H]2CCC[C@H]2CN1C(=O)[C@@H](NC(=O)[C@H](NC(=O)CCCCC(=N)N=NN)C(C)C)C(C)C)C(=O)C(=O)N[C@H](C)c1ccncc1. The number of carbonyl (C=O) groups excluding carboxylic acids is 6. The molecule has 16 heteroatoms. The number of pyridine rings is 1. The Morgan fingerprint density at radius 1 is 0.925 bits per heavy atom. The van der Waals surface area contributed by atoms with Gasteiger partial charge in [-0.25, -0.2) is 0 Å². The van der Waals surface area contributed by atoms with Gasteiger partial charge >= 0.3 is 0 Å². The number of fused-ring (bicyclic) bond motifs is 1. The van der Waals surface area contributed by atoms with Crippen molar-refractivity contribution in [2.24, 2.45) is 39.9 Å². The van der Waals surface area contributed by atoms with Crippen LogP contribution in [0.5, 0.6) is 0 Å². The van der Waals surface area contributed by atoms with Crippen LogP contribution in [0.2, 0.25) is 0 Å². The summed E-state index contributed by atoms with van der Waals surface area (Å²) in [6.07, 6.45) is 7.91. The first-order chi connectivity index (χ1) is 25.2. The van der Waals surface area contributed by atoms with Crippen LogP contribution >= 0.6 is 0 Å². The minimum atomic E-state index is -1.07. The molecular formula is C37H58N10O6. The van der Waals surface area contributed by atoms with Crippen LogP contribution in [0, 0.1) is 29.1 Å². The van der Waals surface area contributed by atoms with Gasteiger partial charge in [0.2, 0.25) is 29.4 Å². The average Bonchev–Trinajstić information content (AvgIpc) is 3.72. The van der Waals surface area contributed by atoms with Gasteiger partial charge in [-0.15, -0.1) is 5.11 Å². The molecular weight excluding hydrogens is 680 g/mol. The van der Waals surface area contributed by atoms with Gasteiger partial charge < -0.3 is 32.0 Å². The van der Waals surface area contributed by atoms with Gasteiger partial charge in [-0.2, -0.15) is 0 Å². The summed E-state index contributed by atoms with van der Waals surface area (Å²) in [6.45, 7) is 11.2. The molecule has 292 valence electrons. The summed E-state index contributed by atoms with van der Waals surface area (Å²) in [4.78, 5) is 86.9. The Bertz CT molecular complexity index is 1490. The predicted molar refractivity (Wildman–Crippen MR) is 198 cm³/mol. The molecule has 1 saturated heterocycles. The van der Waals surface area contributed by atoms with E-state index in [2.05, 4.69) is 36.6 Å². The molecule has 1 aliphatic heterocycles. The van der Waals surface area contributed by atoms with E-state index in [1.54, 1.807) is 64.0 Å². The number of aromatic nitrogens is 1. The number of nitrogens with zero attached hydrogens (tertiary/aromatic N) is 4. The van der Waals surface area contributed by atoms with Crippen molar-refractivity contribution in [2.75, 3.05) is 6.54 Å². The number of amidine groups is 1. The fourth-order valence-electron chi connectivity index (χ4n) is 7.26. The number of Topliss-reactive ketones (excluding diaryl/α,β-unsaturated/α-hetero) is 1. The van der Waals surface area contributed by atoms with Gasteiger partial charge in [-0.05, 0) is 80.4 Å². The number of hydrogen-bond donors (Lipinski definition) is 6. The number of rotatable bonds is 19. The highest BCUT2D eigenvalue weighted by atomic mass is 16.2. The second-order valence-electron chi connectivity index (χ2n) is 14.9. The predicted octanol–water partition coefficient (Wildman–Crippen LogP) is 2.89. The summed E-state index contributed by atoms with van der Waals surface area (Å²) in [5.74, 6) is 1.01. The molecule has 53 heavy (non-hydrogen) atoms. The van der Waals surface area contributed by atoms with Crippen molar-refractivity contribution in [3.05, 3.63) is 30.1 Å². The van der Waals surface area contributed by atoms with E-state index in [9.17, 15) is 28.8 Å². The number of ketones is 1. The van der Waals surface area contributed by atoms with E-state index in [-0.39, 0.29) is 48.3 Å². The molecule has 5 amide bonds. The van der Waals surface area contributed by atoms with Crippen LogP contribution < -0.4 is 27.1 Å². The van der Waals surface area contributed by atoms with Crippen LogP contribution in [0.15, 0.2) is 34.9 Å². The summed E-state index contributed by atoms with van der Waals surface area (Å²) >= 11 is 0. The largest absolute Gasteiger partial charge is 0.344 e. The standard InChI is InChI=1S/C37H58N10O6/c1-7-11-27(33(49)36(52)41-23(6)24-16-18-40-19-17-24)42-35(51)32-26-13-10-12-25(26)20-47(32)37(53)31(22(4)5)44-34(50)30(21(2)3)43-29(48)15-9-8-14-28(38)45-46-39/h16-19,21-23,25-27,30-32H,7-15,20H2,1-6H3,(H,41,52)(H,42,51)(H,43,48)(H,44,50)(H3,38,39,45)/t23-,25+,26+,27?,30-,31+,32+/m1/s1. The van der Waals surface area contributed by atoms with Crippen molar-refractivity contribution in [1.29, 1.82) is 5.41 Å². The molecule has 0 spiro atoms. The quantitative estimate of drug-likeness (QED) is 0.0234. The maximum Gasteiger partial charge on any atom is 0.290 e. The summed E-state index contributed by atoms with van der Waals surface area (Å²) in [5.41, 5.74) is 0.778. The first-order valence-corrected chi connectivity index (χ1v) is 18.8. The Labute approximate surface area is 312 Å². The number of nitrogens with one attached hydrogen (secondary N) is 5. The van der Waals surface area contributed by atoms with Gasteiger partial charge in [0.25, 0.3) is 5.91 Å². The van der Waals surface area contributed by atoms with Crippen LogP contribution in [0.25, 0.3) is 0 Å². The third-order valence-electron chi connectivity index (χ3n) is 10.2. The number of unbranched alkanes of at least 4 members (excludes halogenated alkanes) is 1. The minimum Gasteiger partial charge on any atom is -0.344 e. The van der Waals surface area contributed by atoms with Gasteiger partial charge in [-0.1, -0.05) is 52.7 Å².